The number of hydrogen-bond acceptors (Lipinski definition) is 3. The van der Waals surface area contributed by atoms with Crippen molar-refractivity contribution in [3.05, 3.63) is 53.7 Å². The Balaban J connectivity index is 1.60. The van der Waals surface area contributed by atoms with E-state index in [-0.39, 0.29) is 13.1 Å². The number of amides is 2. The Bertz CT molecular complexity index is 862. The van der Waals surface area contributed by atoms with E-state index >= 15 is 0 Å². The minimum Gasteiger partial charge on any atom is -0.470 e. The van der Waals surface area contributed by atoms with Crippen LogP contribution in [0.3, 0.4) is 0 Å². The molecule has 2 heterocycles. The fourth-order valence-electron chi connectivity index (χ4n) is 2.57. The first kappa shape index (κ1) is 19.8. The molecule has 0 bridgehead atoms. The second-order valence-electron chi connectivity index (χ2n) is 5.97. The summed E-state index contributed by atoms with van der Waals surface area (Å²) in [7, 11) is 0. The average molecular weight is 405 g/mol. The van der Waals surface area contributed by atoms with E-state index in [9.17, 15) is 31.1 Å². The monoisotopic (exact) mass is 405 g/mol. The van der Waals surface area contributed by atoms with E-state index in [1.54, 1.807) is 0 Å². The molecule has 1 N–H and O–H groups in total. The molecule has 0 spiro atoms. The molecule has 0 unspecified atom stereocenters. The van der Waals surface area contributed by atoms with Gasteiger partial charge in [-0.15, -0.1) is 0 Å². The van der Waals surface area contributed by atoms with E-state index in [4.69, 9.17) is 4.74 Å². The number of carbonyl (C=O) groups excluding carboxylic acids is 1. The van der Waals surface area contributed by atoms with Gasteiger partial charge < -0.3 is 15.0 Å². The molecular weight excluding hydrogens is 392 g/mol. The van der Waals surface area contributed by atoms with Crippen LogP contribution < -0.4 is 10.1 Å². The molecule has 0 aliphatic carbocycles. The highest BCUT2D eigenvalue weighted by molar-refractivity contribution is 5.90. The summed E-state index contributed by atoms with van der Waals surface area (Å²) in [6.07, 6.45) is -8.90. The first-order valence-corrected chi connectivity index (χ1v) is 7.96. The van der Waals surface area contributed by atoms with Gasteiger partial charge >= 0.3 is 18.4 Å². The third kappa shape index (κ3) is 4.29. The highest BCUT2D eigenvalue weighted by atomic mass is 19.4. The smallest absolute Gasteiger partial charge is 0.421 e. The van der Waals surface area contributed by atoms with Crippen molar-refractivity contribution in [1.29, 1.82) is 0 Å². The van der Waals surface area contributed by atoms with Crippen molar-refractivity contribution in [3.8, 4) is 5.88 Å². The molecule has 1 aliphatic heterocycles. The van der Waals surface area contributed by atoms with Gasteiger partial charge in [0.15, 0.2) is 0 Å². The van der Waals surface area contributed by atoms with Gasteiger partial charge in [0.05, 0.1) is 24.3 Å². The van der Waals surface area contributed by atoms with Crippen molar-refractivity contribution in [2.24, 2.45) is 0 Å². The maximum atomic E-state index is 13.0. The van der Waals surface area contributed by atoms with Crippen LogP contribution in [-0.2, 0) is 12.4 Å². The Kier molecular flexibility index (Phi) is 5.09. The van der Waals surface area contributed by atoms with Gasteiger partial charge in [0.25, 0.3) is 0 Å². The molecule has 3 rings (SSSR count). The van der Waals surface area contributed by atoms with Gasteiger partial charge in [-0.05, 0) is 24.3 Å². The third-order valence-corrected chi connectivity index (χ3v) is 3.96. The fourth-order valence-corrected chi connectivity index (χ4v) is 2.57. The average Bonchev–Trinajstić information content (AvgIpc) is 2.56. The molecule has 1 aromatic heterocycles. The summed E-state index contributed by atoms with van der Waals surface area (Å²) in [6, 6.07) is 5.60. The summed E-state index contributed by atoms with van der Waals surface area (Å²) in [4.78, 5) is 16.8. The zero-order valence-electron chi connectivity index (χ0n) is 14.0. The molecular formula is C17H13F6N3O2. The fraction of sp³-hybridized carbons (Fsp3) is 0.294. The Hall–Kier alpha value is -2.98. The lowest BCUT2D eigenvalue weighted by atomic mass is 10.1. The van der Waals surface area contributed by atoms with Crippen LogP contribution in [0.5, 0.6) is 5.88 Å². The van der Waals surface area contributed by atoms with E-state index in [2.05, 4.69) is 10.3 Å². The quantitative estimate of drug-likeness (QED) is 0.770. The van der Waals surface area contributed by atoms with Crippen molar-refractivity contribution in [2.75, 3.05) is 18.4 Å². The standard InChI is InChI=1S/C17H13F6N3O2/c18-16(19,20)11-4-1-2-6-13(11)25-15(27)26-8-10(9-26)28-14-12(17(21,22)23)5-3-7-24-14/h1-7,10H,8-9H2,(H,25,27). The molecule has 11 heteroatoms. The SMILES string of the molecule is O=C(Nc1ccccc1C(F)(F)F)N1CC(Oc2ncccc2C(F)(F)F)C1. The molecule has 2 amide bonds. The van der Waals surface area contributed by atoms with Crippen LogP contribution in [0.4, 0.5) is 36.8 Å². The normalized spacial score (nSPS) is 15.1. The number of hydrogen-bond donors (Lipinski definition) is 1. The minimum absolute atomic E-state index is 0.0894. The number of para-hydroxylation sites is 1. The Labute approximate surface area is 154 Å². The molecule has 1 aliphatic rings. The van der Waals surface area contributed by atoms with Crippen LogP contribution >= 0.6 is 0 Å². The number of urea groups is 1. The Morgan fingerprint density at radius 1 is 1.00 bits per heavy atom. The van der Waals surface area contributed by atoms with E-state index in [1.807, 2.05) is 0 Å². The number of likely N-dealkylation sites (tertiary alicyclic amines) is 1. The molecule has 28 heavy (non-hydrogen) atoms. The summed E-state index contributed by atoms with van der Waals surface area (Å²) in [5, 5.41) is 2.15. The van der Waals surface area contributed by atoms with E-state index < -0.39 is 47.2 Å². The number of halogens is 6. The number of ether oxygens (including phenoxy) is 1. The van der Waals surface area contributed by atoms with Crippen LogP contribution in [0.15, 0.2) is 42.6 Å². The zero-order valence-corrected chi connectivity index (χ0v) is 14.0. The van der Waals surface area contributed by atoms with Gasteiger partial charge in [0, 0.05) is 6.20 Å². The Morgan fingerprint density at radius 2 is 1.61 bits per heavy atom. The number of rotatable bonds is 3. The van der Waals surface area contributed by atoms with Crippen LogP contribution in [0, 0.1) is 0 Å². The second kappa shape index (κ2) is 7.21. The highest BCUT2D eigenvalue weighted by Gasteiger charge is 2.39. The van der Waals surface area contributed by atoms with Crippen molar-refractivity contribution < 1.29 is 35.9 Å². The van der Waals surface area contributed by atoms with Gasteiger partial charge in [-0.3, -0.25) is 0 Å². The highest BCUT2D eigenvalue weighted by Crippen LogP contribution is 2.36. The lowest BCUT2D eigenvalue weighted by Crippen LogP contribution is -2.57. The predicted octanol–water partition coefficient (Wildman–Crippen LogP) is 4.41. The minimum atomic E-state index is -4.65. The number of alkyl halides is 6. The van der Waals surface area contributed by atoms with Crippen LogP contribution in [-0.4, -0.2) is 35.1 Å². The van der Waals surface area contributed by atoms with Crippen LogP contribution in [0.1, 0.15) is 11.1 Å². The molecule has 2 aromatic rings. The van der Waals surface area contributed by atoms with Gasteiger partial charge in [0.1, 0.15) is 11.7 Å². The summed E-state index contributed by atoms with van der Waals surface area (Å²) in [5.74, 6) is -0.609. The number of carbonyl (C=O) groups is 1. The number of pyridine rings is 1. The molecule has 0 radical (unpaired) electrons. The van der Waals surface area contributed by atoms with Gasteiger partial charge in [-0.2, -0.15) is 26.3 Å². The van der Waals surface area contributed by atoms with Gasteiger partial charge in [-0.1, -0.05) is 12.1 Å². The zero-order chi connectivity index (χ0) is 20.5. The lowest BCUT2D eigenvalue weighted by Gasteiger charge is -2.38. The summed E-state index contributed by atoms with van der Waals surface area (Å²) in [6.45, 7) is -0.179. The second-order valence-corrected chi connectivity index (χ2v) is 5.97. The lowest BCUT2D eigenvalue weighted by molar-refractivity contribution is -0.140. The maximum absolute atomic E-state index is 13.0. The first-order chi connectivity index (χ1) is 13.1. The van der Waals surface area contributed by atoms with Gasteiger partial charge in [0.2, 0.25) is 5.88 Å². The number of aromatic nitrogens is 1. The summed E-state index contributed by atoms with van der Waals surface area (Å²) in [5.41, 5.74) is -2.45. The number of benzene rings is 1. The van der Waals surface area contributed by atoms with Crippen molar-refractivity contribution in [1.82, 2.24) is 9.88 Å². The molecule has 1 fully saturated rings. The largest absolute Gasteiger partial charge is 0.470 e. The molecule has 5 nitrogen and oxygen atoms in total. The Morgan fingerprint density at radius 3 is 2.25 bits per heavy atom. The molecule has 1 saturated heterocycles. The molecule has 1 aromatic carbocycles. The maximum Gasteiger partial charge on any atom is 0.421 e. The van der Waals surface area contributed by atoms with Crippen molar-refractivity contribution >= 4 is 11.7 Å². The molecule has 0 saturated carbocycles. The number of nitrogens with one attached hydrogen (secondary N) is 1. The first-order valence-electron chi connectivity index (χ1n) is 7.96. The van der Waals surface area contributed by atoms with Crippen molar-refractivity contribution in [3.63, 3.8) is 0 Å². The van der Waals surface area contributed by atoms with Crippen LogP contribution in [0.25, 0.3) is 0 Å². The summed E-state index contributed by atoms with van der Waals surface area (Å²) >= 11 is 0. The van der Waals surface area contributed by atoms with Crippen molar-refractivity contribution in [2.45, 2.75) is 18.5 Å². The van der Waals surface area contributed by atoms with Crippen LogP contribution in [0.2, 0.25) is 0 Å². The predicted molar refractivity (Wildman–Crippen MR) is 85.7 cm³/mol. The number of nitrogens with zero attached hydrogens (tertiary/aromatic N) is 2. The van der Waals surface area contributed by atoms with Gasteiger partial charge in [-0.25, -0.2) is 9.78 Å². The van der Waals surface area contributed by atoms with E-state index in [1.165, 1.54) is 12.1 Å². The molecule has 0 atom stereocenters. The third-order valence-electron chi connectivity index (χ3n) is 3.96. The van der Waals surface area contributed by atoms with E-state index in [0.29, 0.717) is 0 Å². The van der Waals surface area contributed by atoms with E-state index in [0.717, 1.165) is 35.4 Å². The number of anilines is 1. The summed E-state index contributed by atoms with van der Waals surface area (Å²) < 4.78 is 82.8. The topological polar surface area (TPSA) is 54.5 Å². The molecule has 150 valence electrons.